The molecule has 7 heteroatoms. The normalized spacial score (nSPS) is 17.4. The molecule has 0 saturated heterocycles. The number of nitrogens with zero attached hydrogens (tertiary/aromatic N) is 3. The smallest absolute Gasteiger partial charge is 0.230 e. The summed E-state index contributed by atoms with van der Waals surface area (Å²) in [6.07, 6.45) is 7.33. The van der Waals surface area contributed by atoms with Gasteiger partial charge in [0.1, 0.15) is 0 Å². The third-order valence-corrected chi connectivity index (χ3v) is 4.47. The summed E-state index contributed by atoms with van der Waals surface area (Å²) in [7, 11) is 0. The van der Waals surface area contributed by atoms with Crippen molar-refractivity contribution in [3.8, 4) is 11.4 Å². The van der Waals surface area contributed by atoms with Gasteiger partial charge >= 0.3 is 0 Å². The summed E-state index contributed by atoms with van der Waals surface area (Å²) < 4.78 is 0. The Labute approximate surface area is 132 Å². The number of thioether (sulfide) groups is 1. The Morgan fingerprint density at radius 2 is 2.18 bits per heavy atom. The van der Waals surface area contributed by atoms with Crippen molar-refractivity contribution >= 4 is 17.7 Å². The number of carbonyl (C=O) groups is 1. The molecule has 1 aromatic carbocycles. The maximum atomic E-state index is 11.9. The highest BCUT2D eigenvalue weighted by atomic mass is 32.2. The summed E-state index contributed by atoms with van der Waals surface area (Å²) in [6, 6.07) is 8.08. The van der Waals surface area contributed by atoms with Crippen LogP contribution in [0.5, 0.6) is 0 Å². The molecular formula is C15H17N5OS. The van der Waals surface area contributed by atoms with Crippen molar-refractivity contribution in [2.75, 3.05) is 5.75 Å². The molecule has 0 saturated carbocycles. The van der Waals surface area contributed by atoms with Crippen molar-refractivity contribution in [2.45, 2.75) is 30.2 Å². The van der Waals surface area contributed by atoms with Gasteiger partial charge in [-0.3, -0.25) is 4.79 Å². The van der Waals surface area contributed by atoms with E-state index in [4.69, 9.17) is 0 Å². The first-order valence-corrected chi connectivity index (χ1v) is 8.21. The highest BCUT2D eigenvalue weighted by Crippen LogP contribution is 2.21. The number of carbonyl (C=O) groups excluding carboxylic acids is 1. The van der Waals surface area contributed by atoms with Crippen molar-refractivity contribution in [2.24, 2.45) is 0 Å². The molecule has 1 heterocycles. The second-order valence-corrected chi connectivity index (χ2v) is 6.15. The molecule has 22 heavy (non-hydrogen) atoms. The van der Waals surface area contributed by atoms with Crippen LogP contribution in [-0.4, -0.2) is 38.3 Å². The van der Waals surface area contributed by atoms with Gasteiger partial charge < -0.3 is 5.32 Å². The van der Waals surface area contributed by atoms with E-state index >= 15 is 0 Å². The van der Waals surface area contributed by atoms with Crippen molar-refractivity contribution in [3.63, 3.8) is 0 Å². The van der Waals surface area contributed by atoms with Crippen LogP contribution in [0.4, 0.5) is 0 Å². The number of nitrogens with one attached hydrogen (secondary N) is 2. The fourth-order valence-corrected chi connectivity index (χ4v) is 3.04. The number of benzene rings is 1. The van der Waals surface area contributed by atoms with E-state index in [1.165, 1.54) is 11.8 Å². The lowest BCUT2D eigenvalue weighted by atomic mass is 10.0. The fourth-order valence-electron chi connectivity index (χ4n) is 2.33. The van der Waals surface area contributed by atoms with Gasteiger partial charge in [0.15, 0.2) is 0 Å². The highest BCUT2D eigenvalue weighted by Gasteiger charge is 2.13. The minimum Gasteiger partial charge on any atom is -0.352 e. The molecule has 2 aromatic rings. The van der Waals surface area contributed by atoms with Crippen LogP contribution in [0, 0.1) is 0 Å². The van der Waals surface area contributed by atoms with Crippen molar-refractivity contribution < 1.29 is 4.79 Å². The zero-order valence-electron chi connectivity index (χ0n) is 12.0. The lowest BCUT2D eigenvalue weighted by Gasteiger charge is -2.19. The van der Waals surface area contributed by atoms with Gasteiger partial charge in [-0.2, -0.15) is 5.21 Å². The van der Waals surface area contributed by atoms with Crippen LogP contribution in [-0.2, 0) is 4.79 Å². The molecule has 0 spiro atoms. The Morgan fingerprint density at radius 3 is 2.86 bits per heavy atom. The Hall–Kier alpha value is -2.15. The lowest BCUT2D eigenvalue weighted by molar-refractivity contribution is -0.119. The van der Waals surface area contributed by atoms with E-state index in [2.05, 4.69) is 38.1 Å². The summed E-state index contributed by atoms with van der Waals surface area (Å²) in [5.74, 6) is 1.09. The van der Waals surface area contributed by atoms with E-state index in [0.717, 1.165) is 29.7 Å². The average Bonchev–Trinajstić information content (AvgIpc) is 3.09. The predicted molar refractivity (Wildman–Crippen MR) is 85.3 cm³/mol. The first kappa shape index (κ1) is 14.8. The SMILES string of the molecule is O=C(CSc1ccc(-c2nn[nH]n2)cc1)NC1CC=CCC1. The van der Waals surface area contributed by atoms with Gasteiger partial charge in [0.25, 0.3) is 0 Å². The number of rotatable bonds is 5. The van der Waals surface area contributed by atoms with E-state index in [1.54, 1.807) is 0 Å². The van der Waals surface area contributed by atoms with Crippen LogP contribution >= 0.6 is 11.8 Å². The summed E-state index contributed by atoms with van der Waals surface area (Å²) in [6.45, 7) is 0. The number of aromatic nitrogens is 4. The summed E-state index contributed by atoms with van der Waals surface area (Å²) in [5.41, 5.74) is 0.900. The minimum absolute atomic E-state index is 0.0903. The zero-order chi connectivity index (χ0) is 15.2. The van der Waals surface area contributed by atoms with Crippen molar-refractivity contribution in [1.29, 1.82) is 0 Å². The molecule has 0 fully saturated rings. The third-order valence-electron chi connectivity index (χ3n) is 3.46. The van der Waals surface area contributed by atoms with E-state index < -0.39 is 0 Å². The summed E-state index contributed by atoms with van der Waals surface area (Å²) in [4.78, 5) is 13.0. The summed E-state index contributed by atoms with van der Waals surface area (Å²) in [5, 5.41) is 16.9. The van der Waals surface area contributed by atoms with Crippen LogP contribution in [0.3, 0.4) is 0 Å². The largest absolute Gasteiger partial charge is 0.352 e. The van der Waals surface area contributed by atoms with E-state index in [9.17, 15) is 4.79 Å². The van der Waals surface area contributed by atoms with E-state index in [1.807, 2.05) is 24.3 Å². The molecule has 1 aromatic heterocycles. The Kier molecular flexibility index (Phi) is 4.85. The molecule has 1 aliphatic carbocycles. The van der Waals surface area contributed by atoms with Gasteiger partial charge in [0, 0.05) is 16.5 Å². The van der Waals surface area contributed by atoms with Gasteiger partial charge in [0.05, 0.1) is 5.75 Å². The maximum Gasteiger partial charge on any atom is 0.230 e. The maximum absolute atomic E-state index is 11.9. The second-order valence-electron chi connectivity index (χ2n) is 5.10. The Balaban J connectivity index is 1.48. The van der Waals surface area contributed by atoms with Crippen molar-refractivity contribution in [1.82, 2.24) is 25.9 Å². The molecule has 1 amide bonds. The summed E-state index contributed by atoms with van der Waals surface area (Å²) >= 11 is 1.53. The van der Waals surface area contributed by atoms with Gasteiger partial charge in [-0.1, -0.05) is 12.2 Å². The van der Waals surface area contributed by atoms with Gasteiger partial charge in [-0.25, -0.2) is 0 Å². The predicted octanol–water partition coefficient (Wildman–Crippen LogP) is 2.18. The van der Waals surface area contributed by atoms with Crippen LogP contribution in [0.15, 0.2) is 41.3 Å². The number of aromatic amines is 1. The Bertz CT molecular complexity index is 638. The second kappa shape index (κ2) is 7.22. The number of hydrogen-bond donors (Lipinski definition) is 2. The molecule has 6 nitrogen and oxygen atoms in total. The molecular weight excluding hydrogens is 298 g/mol. The molecule has 1 unspecified atom stereocenters. The molecule has 2 N–H and O–H groups in total. The average molecular weight is 315 g/mol. The lowest BCUT2D eigenvalue weighted by Crippen LogP contribution is -2.36. The van der Waals surface area contributed by atoms with Gasteiger partial charge in [0.2, 0.25) is 11.7 Å². The topological polar surface area (TPSA) is 83.6 Å². The molecule has 0 radical (unpaired) electrons. The molecule has 0 aliphatic heterocycles. The molecule has 3 rings (SSSR count). The quantitative estimate of drug-likeness (QED) is 0.653. The van der Waals surface area contributed by atoms with Crippen LogP contribution in [0.1, 0.15) is 19.3 Å². The number of allylic oxidation sites excluding steroid dienone is 1. The first-order valence-electron chi connectivity index (χ1n) is 7.22. The van der Waals surface area contributed by atoms with Crippen LogP contribution in [0.25, 0.3) is 11.4 Å². The van der Waals surface area contributed by atoms with E-state index in [-0.39, 0.29) is 5.91 Å². The van der Waals surface area contributed by atoms with Crippen molar-refractivity contribution in [3.05, 3.63) is 36.4 Å². The molecule has 1 atom stereocenters. The number of hydrogen-bond acceptors (Lipinski definition) is 5. The minimum atomic E-state index is 0.0903. The van der Waals surface area contributed by atoms with Gasteiger partial charge in [-0.05, 0) is 48.7 Å². The monoisotopic (exact) mass is 315 g/mol. The third kappa shape index (κ3) is 3.94. The van der Waals surface area contributed by atoms with Gasteiger partial charge in [-0.15, -0.1) is 22.0 Å². The number of H-pyrrole nitrogens is 1. The standard InChI is InChI=1S/C15H17N5OS/c21-14(16-12-4-2-1-3-5-12)10-22-13-8-6-11(7-9-13)15-17-19-20-18-15/h1-2,6-9,12H,3-5,10H2,(H,16,21)(H,17,18,19,20). The zero-order valence-corrected chi connectivity index (χ0v) is 12.8. The van der Waals surface area contributed by atoms with Crippen LogP contribution < -0.4 is 5.32 Å². The first-order chi connectivity index (χ1) is 10.8. The molecule has 0 bridgehead atoms. The molecule has 1 aliphatic rings. The highest BCUT2D eigenvalue weighted by molar-refractivity contribution is 8.00. The number of tetrazole rings is 1. The number of amides is 1. The Morgan fingerprint density at radius 1 is 1.32 bits per heavy atom. The van der Waals surface area contributed by atoms with Crippen LogP contribution in [0.2, 0.25) is 0 Å². The molecule has 114 valence electrons. The van der Waals surface area contributed by atoms with E-state index in [0.29, 0.717) is 17.6 Å². The fraction of sp³-hybridized carbons (Fsp3) is 0.333.